The van der Waals surface area contributed by atoms with Gasteiger partial charge in [0.1, 0.15) is 0 Å². The molecular formula is C11H12NP. The molecule has 66 valence electrons. The van der Waals surface area contributed by atoms with Crippen molar-refractivity contribution in [2.45, 2.75) is 6.42 Å². The van der Waals surface area contributed by atoms with E-state index in [1.807, 2.05) is 6.20 Å². The van der Waals surface area contributed by atoms with E-state index in [-0.39, 0.29) is 0 Å². The van der Waals surface area contributed by atoms with E-state index in [9.17, 15) is 0 Å². The van der Waals surface area contributed by atoms with E-state index in [2.05, 4.69) is 44.6 Å². The molecule has 1 aromatic heterocycles. The Balaban J connectivity index is 2.61. The molecule has 2 heteroatoms. The van der Waals surface area contributed by atoms with Crippen molar-refractivity contribution < 1.29 is 0 Å². The van der Waals surface area contributed by atoms with Crippen molar-refractivity contribution in [3.8, 4) is 0 Å². The van der Waals surface area contributed by atoms with Crippen LogP contribution in [0, 0.1) is 0 Å². The zero-order chi connectivity index (χ0) is 9.10. The van der Waals surface area contributed by atoms with Crippen molar-refractivity contribution in [2.24, 2.45) is 0 Å². The summed E-state index contributed by atoms with van der Waals surface area (Å²) >= 11 is 0. The Morgan fingerprint density at radius 1 is 1.15 bits per heavy atom. The number of hydrogen-bond acceptors (Lipinski definition) is 1. The summed E-state index contributed by atoms with van der Waals surface area (Å²) in [6.07, 6.45) is 3.99. The van der Waals surface area contributed by atoms with Crippen LogP contribution in [-0.4, -0.2) is 11.1 Å². The van der Waals surface area contributed by atoms with Gasteiger partial charge in [-0.2, -0.15) is 0 Å². The number of aryl methyl sites for hydroxylation is 1. The Bertz CT molecular complexity index is 406. The van der Waals surface area contributed by atoms with Crippen LogP contribution in [0.15, 0.2) is 36.5 Å². The number of rotatable bonds is 2. The Morgan fingerprint density at radius 3 is 2.85 bits per heavy atom. The second kappa shape index (κ2) is 3.85. The fourth-order valence-corrected chi connectivity index (χ4v) is 1.79. The molecule has 0 fully saturated rings. The summed E-state index contributed by atoms with van der Waals surface area (Å²) in [7, 11) is 2.74. The van der Waals surface area contributed by atoms with Crippen molar-refractivity contribution in [1.82, 2.24) is 4.98 Å². The monoisotopic (exact) mass is 189 g/mol. The van der Waals surface area contributed by atoms with Crippen molar-refractivity contribution in [3.05, 3.63) is 42.2 Å². The standard InChI is InChI=1S/C11H12NP/c13-8-6-11-10-4-2-1-3-9(10)5-7-12-11/h1-5,7H,6,8,13H2. The molecule has 0 bridgehead atoms. The van der Waals surface area contributed by atoms with Gasteiger partial charge < -0.3 is 0 Å². The zero-order valence-corrected chi connectivity index (χ0v) is 8.56. The van der Waals surface area contributed by atoms with Gasteiger partial charge in [0.25, 0.3) is 0 Å². The molecule has 1 aromatic carbocycles. The summed E-state index contributed by atoms with van der Waals surface area (Å²) in [5, 5.41) is 2.57. The van der Waals surface area contributed by atoms with Gasteiger partial charge in [0.05, 0.1) is 0 Å². The van der Waals surface area contributed by atoms with E-state index < -0.39 is 0 Å². The third-order valence-corrected chi connectivity index (χ3v) is 2.43. The van der Waals surface area contributed by atoms with E-state index in [1.54, 1.807) is 0 Å². The first-order valence-electron chi connectivity index (χ1n) is 4.44. The second-order valence-electron chi connectivity index (χ2n) is 3.02. The SMILES string of the molecule is PCCc1nccc2ccccc12. The number of nitrogens with zero attached hydrogens (tertiary/aromatic N) is 1. The highest BCUT2D eigenvalue weighted by molar-refractivity contribution is 7.16. The molecule has 0 aliphatic heterocycles. The van der Waals surface area contributed by atoms with Crippen LogP contribution in [0.3, 0.4) is 0 Å². The lowest BCUT2D eigenvalue weighted by molar-refractivity contribution is 1.07. The molecule has 0 radical (unpaired) electrons. The van der Waals surface area contributed by atoms with E-state index in [1.165, 1.54) is 16.5 Å². The quantitative estimate of drug-likeness (QED) is 0.662. The van der Waals surface area contributed by atoms with Crippen molar-refractivity contribution >= 4 is 20.0 Å². The van der Waals surface area contributed by atoms with Crippen molar-refractivity contribution in [3.63, 3.8) is 0 Å². The lowest BCUT2D eigenvalue weighted by atomic mass is 10.1. The molecule has 0 spiro atoms. The Morgan fingerprint density at radius 2 is 2.00 bits per heavy atom. The average molecular weight is 189 g/mol. The minimum atomic E-state index is 1.03. The van der Waals surface area contributed by atoms with E-state index in [4.69, 9.17) is 0 Å². The lowest BCUT2D eigenvalue weighted by Crippen LogP contribution is -1.91. The minimum Gasteiger partial charge on any atom is -0.261 e. The van der Waals surface area contributed by atoms with Gasteiger partial charge in [0.15, 0.2) is 0 Å². The van der Waals surface area contributed by atoms with Gasteiger partial charge in [-0.25, -0.2) is 0 Å². The topological polar surface area (TPSA) is 12.9 Å². The highest BCUT2D eigenvalue weighted by Crippen LogP contribution is 2.16. The average Bonchev–Trinajstić information content (AvgIpc) is 2.19. The number of aromatic nitrogens is 1. The third-order valence-electron chi connectivity index (χ3n) is 2.14. The highest BCUT2D eigenvalue weighted by atomic mass is 31.0. The summed E-state index contributed by atoms with van der Waals surface area (Å²) in [6, 6.07) is 10.5. The first kappa shape index (κ1) is 8.65. The van der Waals surface area contributed by atoms with E-state index >= 15 is 0 Å². The van der Waals surface area contributed by atoms with E-state index in [0.717, 1.165) is 12.6 Å². The number of fused-ring (bicyclic) bond motifs is 1. The van der Waals surface area contributed by atoms with Crippen LogP contribution in [0.4, 0.5) is 0 Å². The predicted molar refractivity (Wildman–Crippen MR) is 60.0 cm³/mol. The lowest BCUT2D eigenvalue weighted by Gasteiger charge is -2.02. The maximum atomic E-state index is 4.38. The van der Waals surface area contributed by atoms with Crippen LogP contribution < -0.4 is 0 Å². The molecule has 1 heterocycles. The second-order valence-corrected chi connectivity index (χ2v) is 3.59. The predicted octanol–water partition coefficient (Wildman–Crippen LogP) is 2.65. The molecule has 0 N–H and O–H groups in total. The zero-order valence-electron chi connectivity index (χ0n) is 7.40. The van der Waals surface area contributed by atoms with Gasteiger partial charge >= 0.3 is 0 Å². The van der Waals surface area contributed by atoms with Crippen molar-refractivity contribution in [2.75, 3.05) is 6.16 Å². The molecule has 2 aromatic rings. The van der Waals surface area contributed by atoms with Gasteiger partial charge in [-0.05, 0) is 24.0 Å². The summed E-state index contributed by atoms with van der Waals surface area (Å²) in [6.45, 7) is 0. The third kappa shape index (κ3) is 1.71. The largest absolute Gasteiger partial charge is 0.261 e. The molecular weight excluding hydrogens is 177 g/mol. The van der Waals surface area contributed by atoms with Gasteiger partial charge in [-0.3, -0.25) is 4.98 Å². The molecule has 0 saturated heterocycles. The number of hydrogen-bond donors (Lipinski definition) is 0. The fourth-order valence-electron chi connectivity index (χ4n) is 1.52. The summed E-state index contributed by atoms with van der Waals surface area (Å²) in [4.78, 5) is 4.38. The summed E-state index contributed by atoms with van der Waals surface area (Å²) < 4.78 is 0. The van der Waals surface area contributed by atoms with E-state index in [0.29, 0.717) is 0 Å². The Labute approximate surface area is 80.4 Å². The van der Waals surface area contributed by atoms with Gasteiger partial charge in [-0.15, -0.1) is 9.24 Å². The van der Waals surface area contributed by atoms with Crippen LogP contribution in [0.2, 0.25) is 0 Å². The molecule has 0 aliphatic rings. The first-order valence-corrected chi connectivity index (χ1v) is 5.26. The fraction of sp³-hybridized carbons (Fsp3) is 0.182. The maximum Gasteiger partial charge on any atom is 0.0485 e. The van der Waals surface area contributed by atoms with Crippen LogP contribution in [0.1, 0.15) is 5.69 Å². The highest BCUT2D eigenvalue weighted by Gasteiger charge is 1.99. The number of benzene rings is 1. The maximum absolute atomic E-state index is 4.38. The smallest absolute Gasteiger partial charge is 0.0485 e. The molecule has 0 amide bonds. The number of pyridine rings is 1. The Kier molecular flexibility index (Phi) is 2.56. The molecule has 0 saturated carbocycles. The van der Waals surface area contributed by atoms with Gasteiger partial charge in [0.2, 0.25) is 0 Å². The summed E-state index contributed by atoms with van der Waals surface area (Å²) in [5.41, 5.74) is 1.20. The molecule has 1 nitrogen and oxygen atoms in total. The van der Waals surface area contributed by atoms with Crippen LogP contribution in [0.5, 0.6) is 0 Å². The molecule has 2 rings (SSSR count). The normalized spacial score (nSPS) is 10.5. The van der Waals surface area contributed by atoms with Crippen molar-refractivity contribution in [1.29, 1.82) is 0 Å². The molecule has 1 atom stereocenters. The van der Waals surface area contributed by atoms with Gasteiger partial charge in [-0.1, -0.05) is 24.3 Å². The van der Waals surface area contributed by atoms with Crippen LogP contribution >= 0.6 is 9.24 Å². The molecule has 0 aliphatic carbocycles. The minimum absolute atomic E-state index is 1.03. The van der Waals surface area contributed by atoms with Crippen LogP contribution in [-0.2, 0) is 6.42 Å². The Hall–Kier alpha value is -0.940. The summed E-state index contributed by atoms with van der Waals surface area (Å²) in [5.74, 6) is 0. The van der Waals surface area contributed by atoms with Crippen LogP contribution in [0.25, 0.3) is 10.8 Å². The van der Waals surface area contributed by atoms with Gasteiger partial charge in [0, 0.05) is 17.3 Å². The molecule has 13 heavy (non-hydrogen) atoms. The first-order chi connectivity index (χ1) is 6.42. The molecule has 1 unspecified atom stereocenters.